The third-order valence-corrected chi connectivity index (χ3v) is 2.52. The van der Waals surface area contributed by atoms with Crippen molar-refractivity contribution in [3.63, 3.8) is 0 Å². The molecule has 0 aromatic heterocycles. The van der Waals surface area contributed by atoms with Crippen molar-refractivity contribution in [3.05, 3.63) is 18.6 Å². The van der Waals surface area contributed by atoms with E-state index in [1.54, 1.807) is 0 Å². The second kappa shape index (κ2) is 3.73. The number of carbonyl (C=O) groups excluding carboxylic acids is 1. The molecule has 0 N–H and O–H groups in total. The van der Waals surface area contributed by atoms with Gasteiger partial charge < -0.3 is 9.47 Å². The lowest BCUT2D eigenvalue weighted by atomic mass is 9.93. The van der Waals surface area contributed by atoms with Crippen LogP contribution in [0.25, 0.3) is 0 Å². The summed E-state index contributed by atoms with van der Waals surface area (Å²) >= 11 is 0. The maximum Gasteiger partial charge on any atom is 0.309 e. The SMILES string of the molecule is CCOC(=O)CC12C=CC(C[C]C1)O2. The second-order valence-electron chi connectivity index (χ2n) is 3.69. The number of hydrogen-bond acceptors (Lipinski definition) is 3. The van der Waals surface area contributed by atoms with Crippen LogP contribution in [0.5, 0.6) is 0 Å². The largest absolute Gasteiger partial charge is 0.466 e. The number of esters is 1. The first-order chi connectivity index (χ1) is 6.74. The van der Waals surface area contributed by atoms with Crippen LogP contribution < -0.4 is 0 Å². The Bertz CT molecular complexity index is 259. The van der Waals surface area contributed by atoms with E-state index < -0.39 is 5.60 Å². The lowest BCUT2D eigenvalue weighted by molar-refractivity contribution is -0.150. The molecule has 1 fully saturated rings. The van der Waals surface area contributed by atoms with Crippen molar-refractivity contribution in [2.45, 2.75) is 37.9 Å². The van der Waals surface area contributed by atoms with E-state index in [1.807, 2.05) is 19.1 Å². The molecular formula is C11H14O3. The predicted molar refractivity (Wildman–Crippen MR) is 50.5 cm³/mol. The molecule has 3 nitrogen and oxygen atoms in total. The second-order valence-corrected chi connectivity index (χ2v) is 3.69. The molecule has 2 atom stereocenters. The standard InChI is InChI=1S/C11H14O3/c1-2-13-10(12)8-11-6-3-4-9(14-11)5-7-11/h5,7,9H,2,4,6,8H2,1H3. The van der Waals surface area contributed by atoms with Crippen LogP contribution >= 0.6 is 0 Å². The van der Waals surface area contributed by atoms with Crippen molar-refractivity contribution in [2.24, 2.45) is 0 Å². The average Bonchev–Trinajstić information content (AvgIpc) is 2.42. The van der Waals surface area contributed by atoms with E-state index in [0.717, 1.165) is 6.42 Å². The van der Waals surface area contributed by atoms with Crippen LogP contribution in [-0.4, -0.2) is 24.3 Å². The Balaban J connectivity index is 1.96. The molecule has 2 rings (SSSR count). The van der Waals surface area contributed by atoms with Gasteiger partial charge in [-0.1, -0.05) is 12.2 Å². The molecular weight excluding hydrogens is 180 g/mol. The molecule has 14 heavy (non-hydrogen) atoms. The maximum absolute atomic E-state index is 11.3. The first-order valence-corrected chi connectivity index (χ1v) is 4.98. The summed E-state index contributed by atoms with van der Waals surface area (Å²) in [6.45, 7) is 2.23. The topological polar surface area (TPSA) is 35.5 Å². The van der Waals surface area contributed by atoms with E-state index in [1.165, 1.54) is 0 Å². The first kappa shape index (κ1) is 9.71. The maximum atomic E-state index is 11.3. The summed E-state index contributed by atoms with van der Waals surface area (Å²) in [5, 5.41) is 0. The van der Waals surface area contributed by atoms with Crippen molar-refractivity contribution < 1.29 is 14.3 Å². The van der Waals surface area contributed by atoms with E-state index in [2.05, 4.69) is 6.42 Å². The monoisotopic (exact) mass is 194 g/mol. The third kappa shape index (κ3) is 1.82. The Hall–Kier alpha value is -0.830. The van der Waals surface area contributed by atoms with Gasteiger partial charge in [0.2, 0.25) is 0 Å². The Labute approximate surface area is 84.1 Å². The summed E-state index contributed by atoms with van der Waals surface area (Å²) in [4.78, 5) is 11.3. The summed E-state index contributed by atoms with van der Waals surface area (Å²) in [5.41, 5.74) is -0.449. The fraction of sp³-hybridized carbons (Fsp3) is 0.636. The van der Waals surface area contributed by atoms with Crippen LogP contribution in [0.1, 0.15) is 26.2 Å². The molecule has 2 heterocycles. The number of rotatable bonds is 3. The van der Waals surface area contributed by atoms with Gasteiger partial charge in [0.05, 0.1) is 24.7 Å². The molecule has 0 aromatic rings. The normalized spacial score (nSPS) is 34.5. The van der Waals surface area contributed by atoms with Gasteiger partial charge in [-0.3, -0.25) is 4.79 Å². The van der Waals surface area contributed by atoms with Crippen LogP contribution in [0.15, 0.2) is 12.2 Å². The van der Waals surface area contributed by atoms with E-state index in [0.29, 0.717) is 19.4 Å². The van der Waals surface area contributed by atoms with Crippen molar-refractivity contribution in [1.82, 2.24) is 0 Å². The molecule has 2 bridgehead atoms. The minimum Gasteiger partial charge on any atom is -0.466 e. The van der Waals surface area contributed by atoms with Gasteiger partial charge in [0.15, 0.2) is 0 Å². The van der Waals surface area contributed by atoms with Crippen LogP contribution in [0.4, 0.5) is 0 Å². The summed E-state index contributed by atoms with van der Waals surface area (Å²) in [6, 6.07) is 0. The molecule has 76 valence electrons. The quantitative estimate of drug-likeness (QED) is 0.504. The van der Waals surface area contributed by atoms with Crippen LogP contribution in [0.3, 0.4) is 0 Å². The zero-order chi connectivity index (χ0) is 10.0. The summed E-state index contributed by atoms with van der Waals surface area (Å²) in [6.07, 6.45) is 9.19. The van der Waals surface area contributed by atoms with E-state index >= 15 is 0 Å². The van der Waals surface area contributed by atoms with E-state index in [9.17, 15) is 4.79 Å². The van der Waals surface area contributed by atoms with Gasteiger partial charge in [0.25, 0.3) is 0 Å². The van der Waals surface area contributed by atoms with Crippen molar-refractivity contribution in [3.8, 4) is 0 Å². The summed E-state index contributed by atoms with van der Waals surface area (Å²) < 4.78 is 10.6. The zero-order valence-corrected chi connectivity index (χ0v) is 8.29. The highest BCUT2D eigenvalue weighted by atomic mass is 16.5. The Morgan fingerprint density at radius 2 is 2.64 bits per heavy atom. The van der Waals surface area contributed by atoms with Gasteiger partial charge in [-0.2, -0.15) is 0 Å². The Morgan fingerprint density at radius 1 is 1.79 bits per heavy atom. The molecule has 2 radical (unpaired) electrons. The van der Waals surface area contributed by atoms with Gasteiger partial charge in [-0.25, -0.2) is 0 Å². The molecule has 0 spiro atoms. The molecule has 0 amide bonds. The van der Waals surface area contributed by atoms with Gasteiger partial charge in [-0.15, -0.1) is 0 Å². The van der Waals surface area contributed by atoms with Crippen molar-refractivity contribution >= 4 is 5.97 Å². The fourth-order valence-electron chi connectivity index (χ4n) is 1.92. The molecule has 0 aliphatic carbocycles. The predicted octanol–water partition coefficient (Wildman–Crippen LogP) is 1.51. The summed E-state index contributed by atoms with van der Waals surface area (Å²) in [7, 11) is 0. The highest BCUT2D eigenvalue weighted by Gasteiger charge is 2.41. The van der Waals surface area contributed by atoms with E-state index in [4.69, 9.17) is 9.47 Å². The Kier molecular flexibility index (Phi) is 2.59. The van der Waals surface area contributed by atoms with Crippen molar-refractivity contribution in [2.75, 3.05) is 6.61 Å². The van der Waals surface area contributed by atoms with Crippen LogP contribution in [0.2, 0.25) is 0 Å². The molecule has 0 aromatic carbocycles. The van der Waals surface area contributed by atoms with Crippen LogP contribution in [0, 0.1) is 6.42 Å². The molecule has 3 heteroatoms. The third-order valence-electron chi connectivity index (χ3n) is 2.52. The van der Waals surface area contributed by atoms with Crippen LogP contribution in [-0.2, 0) is 14.3 Å². The molecule has 2 unspecified atom stereocenters. The van der Waals surface area contributed by atoms with Gasteiger partial charge >= 0.3 is 5.97 Å². The highest BCUT2D eigenvalue weighted by molar-refractivity contribution is 5.71. The lowest BCUT2D eigenvalue weighted by Crippen LogP contribution is -2.36. The molecule has 2 aliphatic heterocycles. The van der Waals surface area contributed by atoms with Gasteiger partial charge in [0, 0.05) is 0 Å². The first-order valence-electron chi connectivity index (χ1n) is 4.98. The van der Waals surface area contributed by atoms with Gasteiger partial charge in [0.1, 0.15) is 0 Å². The lowest BCUT2D eigenvalue weighted by Gasteiger charge is -2.32. The number of hydrogen-bond donors (Lipinski definition) is 0. The Morgan fingerprint density at radius 3 is 3.43 bits per heavy atom. The number of fused-ring (bicyclic) bond motifs is 2. The van der Waals surface area contributed by atoms with Crippen molar-refractivity contribution in [1.29, 1.82) is 0 Å². The molecule has 2 aliphatic rings. The molecule has 1 saturated heterocycles. The van der Waals surface area contributed by atoms with E-state index in [-0.39, 0.29) is 12.1 Å². The minimum atomic E-state index is -0.449. The van der Waals surface area contributed by atoms with Gasteiger partial charge in [-0.05, 0) is 26.2 Å². The average molecular weight is 194 g/mol. The number of carbonyl (C=O) groups is 1. The minimum absolute atomic E-state index is 0.123. The molecule has 0 saturated carbocycles. The summed E-state index contributed by atoms with van der Waals surface area (Å²) in [5.74, 6) is -0.193. The smallest absolute Gasteiger partial charge is 0.309 e. The fourth-order valence-corrected chi connectivity index (χ4v) is 1.92. The zero-order valence-electron chi connectivity index (χ0n) is 8.29. The number of ether oxygens (including phenoxy) is 2. The highest BCUT2D eigenvalue weighted by Crippen LogP contribution is 2.38.